The fourth-order valence-electron chi connectivity index (χ4n) is 2.30. The molecule has 2 rings (SSSR count). The van der Waals surface area contributed by atoms with Gasteiger partial charge in [-0.2, -0.15) is 0 Å². The second-order valence-corrected chi connectivity index (χ2v) is 6.16. The molecule has 3 heteroatoms. The lowest BCUT2D eigenvalue weighted by Crippen LogP contribution is -2.25. The highest BCUT2D eigenvalue weighted by Gasteiger charge is 2.15. The zero-order valence-corrected chi connectivity index (χ0v) is 13.3. The predicted molar refractivity (Wildman–Crippen MR) is 85.0 cm³/mol. The molecule has 0 aliphatic carbocycles. The molecule has 20 heavy (non-hydrogen) atoms. The van der Waals surface area contributed by atoms with Crippen LogP contribution in [0.15, 0.2) is 53.0 Å². The Morgan fingerprint density at radius 2 is 1.80 bits per heavy atom. The molecule has 1 unspecified atom stereocenters. The van der Waals surface area contributed by atoms with Gasteiger partial charge in [-0.3, -0.25) is 0 Å². The Morgan fingerprint density at radius 3 is 2.45 bits per heavy atom. The molecule has 2 aromatic carbocycles. The van der Waals surface area contributed by atoms with Gasteiger partial charge in [0.05, 0.1) is 0 Å². The zero-order chi connectivity index (χ0) is 14.5. The first-order valence-electron chi connectivity index (χ1n) is 6.80. The van der Waals surface area contributed by atoms with Gasteiger partial charge in [-0.25, -0.2) is 4.39 Å². The Labute approximate surface area is 128 Å². The maximum absolute atomic E-state index is 13.8. The molecule has 0 heterocycles. The summed E-state index contributed by atoms with van der Waals surface area (Å²) in [6.07, 6.45) is 0. The van der Waals surface area contributed by atoms with E-state index >= 15 is 0 Å². The molecular formula is C17H19BrFN. The van der Waals surface area contributed by atoms with E-state index in [1.54, 1.807) is 6.07 Å². The minimum absolute atomic E-state index is 0.170. The van der Waals surface area contributed by atoms with Crippen molar-refractivity contribution in [1.82, 2.24) is 5.32 Å². The summed E-state index contributed by atoms with van der Waals surface area (Å²) in [6, 6.07) is 15.5. The lowest BCUT2D eigenvalue weighted by molar-refractivity contribution is 0.406. The van der Waals surface area contributed by atoms with Crippen molar-refractivity contribution in [3.63, 3.8) is 0 Å². The van der Waals surface area contributed by atoms with Crippen LogP contribution in [0.2, 0.25) is 0 Å². The van der Waals surface area contributed by atoms with E-state index in [0.29, 0.717) is 18.0 Å². The SMILES string of the molecule is CC(C)C(NCc1cc(Br)ccc1F)c1ccccc1. The fourth-order valence-corrected chi connectivity index (χ4v) is 2.71. The summed E-state index contributed by atoms with van der Waals surface area (Å²) in [6.45, 7) is 4.85. The van der Waals surface area contributed by atoms with Crippen LogP contribution < -0.4 is 5.32 Å². The summed E-state index contributed by atoms with van der Waals surface area (Å²) in [5.74, 6) is 0.267. The van der Waals surface area contributed by atoms with Crippen molar-refractivity contribution in [1.29, 1.82) is 0 Å². The molecule has 0 saturated carbocycles. The number of nitrogens with one attached hydrogen (secondary N) is 1. The lowest BCUT2D eigenvalue weighted by Gasteiger charge is -2.23. The predicted octanol–water partition coefficient (Wildman–Crippen LogP) is 5.08. The van der Waals surface area contributed by atoms with E-state index in [2.05, 4.69) is 47.2 Å². The molecule has 1 nitrogen and oxygen atoms in total. The molecule has 0 aliphatic heterocycles. The molecule has 0 aromatic heterocycles. The van der Waals surface area contributed by atoms with Crippen molar-refractivity contribution in [2.75, 3.05) is 0 Å². The minimum Gasteiger partial charge on any atom is -0.306 e. The van der Waals surface area contributed by atoms with Crippen LogP contribution in [0.1, 0.15) is 31.0 Å². The van der Waals surface area contributed by atoms with Crippen molar-refractivity contribution in [3.8, 4) is 0 Å². The lowest BCUT2D eigenvalue weighted by atomic mass is 9.96. The third-order valence-corrected chi connectivity index (χ3v) is 3.84. The van der Waals surface area contributed by atoms with Gasteiger partial charge in [0.15, 0.2) is 0 Å². The van der Waals surface area contributed by atoms with Gasteiger partial charge >= 0.3 is 0 Å². The van der Waals surface area contributed by atoms with Crippen molar-refractivity contribution in [2.45, 2.75) is 26.4 Å². The Balaban J connectivity index is 2.12. The third kappa shape index (κ3) is 3.90. The highest BCUT2D eigenvalue weighted by atomic mass is 79.9. The Kier molecular flexibility index (Phi) is 5.32. The summed E-state index contributed by atoms with van der Waals surface area (Å²) in [7, 11) is 0. The average molecular weight is 336 g/mol. The number of halogens is 2. The summed E-state index contributed by atoms with van der Waals surface area (Å²) in [5, 5.41) is 3.46. The van der Waals surface area contributed by atoms with Gasteiger partial charge in [0.1, 0.15) is 5.82 Å². The Bertz CT molecular complexity index is 554. The first kappa shape index (κ1) is 15.2. The Morgan fingerprint density at radius 1 is 1.10 bits per heavy atom. The van der Waals surface area contributed by atoms with E-state index in [0.717, 1.165) is 4.47 Å². The molecular weight excluding hydrogens is 317 g/mol. The molecule has 2 aromatic rings. The van der Waals surface area contributed by atoms with E-state index in [9.17, 15) is 4.39 Å². The van der Waals surface area contributed by atoms with Crippen LogP contribution in [0.5, 0.6) is 0 Å². The van der Waals surface area contributed by atoms with E-state index < -0.39 is 0 Å². The summed E-state index contributed by atoms with van der Waals surface area (Å²) in [5.41, 5.74) is 1.92. The van der Waals surface area contributed by atoms with Crippen LogP contribution >= 0.6 is 15.9 Å². The van der Waals surface area contributed by atoms with Gasteiger partial charge in [-0.05, 0) is 29.7 Å². The summed E-state index contributed by atoms with van der Waals surface area (Å²) >= 11 is 3.38. The number of benzene rings is 2. The van der Waals surface area contributed by atoms with Crippen molar-refractivity contribution in [2.24, 2.45) is 5.92 Å². The van der Waals surface area contributed by atoms with Crippen molar-refractivity contribution in [3.05, 3.63) is 69.9 Å². The molecule has 1 atom stereocenters. The van der Waals surface area contributed by atoms with Gasteiger partial charge in [0, 0.05) is 22.6 Å². The number of rotatable bonds is 5. The fraction of sp³-hybridized carbons (Fsp3) is 0.294. The maximum atomic E-state index is 13.8. The first-order valence-corrected chi connectivity index (χ1v) is 7.59. The van der Waals surface area contributed by atoms with Gasteiger partial charge in [-0.1, -0.05) is 60.1 Å². The molecule has 0 amide bonds. The molecule has 0 aliphatic rings. The highest BCUT2D eigenvalue weighted by Crippen LogP contribution is 2.23. The molecule has 0 spiro atoms. The van der Waals surface area contributed by atoms with Gasteiger partial charge < -0.3 is 5.32 Å². The summed E-state index contributed by atoms with van der Waals surface area (Å²) in [4.78, 5) is 0. The van der Waals surface area contributed by atoms with E-state index in [4.69, 9.17) is 0 Å². The molecule has 1 N–H and O–H groups in total. The topological polar surface area (TPSA) is 12.0 Å². The van der Waals surface area contributed by atoms with Crippen molar-refractivity contribution >= 4 is 15.9 Å². The second kappa shape index (κ2) is 7.00. The van der Waals surface area contributed by atoms with E-state index in [1.807, 2.05) is 24.3 Å². The monoisotopic (exact) mass is 335 g/mol. The molecule has 0 saturated heterocycles. The van der Waals surface area contributed by atoms with Crippen LogP contribution in [-0.4, -0.2) is 0 Å². The standard InChI is InChI=1S/C17H19BrFN/c1-12(2)17(13-6-4-3-5-7-13)20-11-14-10-15(18)8-9-16(14)19/h3-10,12,17,20H,11H2,1-2H3. The highest BCUT2D eigenvalue weighted by molar-refractivity contribution is 9.10. The minimum atomic E-state index is -0.170. The van der Waals surface area contributed by atoms with Crippen LogP contribution in [0, 0.1) is 11.7 Å². The van der Waals surface area contributed by atoms with E-state index in [1.165, 1.54) is 11.6 Å². The first-order chi connectivity index (χ1) is 9.58. The van der Waals surface area contributed by atoms with Crippen LogP contribution in [-0.2, 0) is 6.54 Å². The average Bonchev–Trinajstić information content (AvgIpc) is 2.43. The van der Waals surface area contributed by atoms with Crippen molar-refractivity contribution < 1.29 is 4.39 Å². The van der Waals surface area contributed by atoms with Gasteiger partial charge in [0.25, 0.3) is 0 Å². The number of hydrogen-bond acceptors (Lipinski definition) is 1. The molecule has 106 valence electrons. The van der Waals surface area contributed by atoms with Crippen LogP contribution in [0.25, 0.3) is 0 Å². The van der Waals surface area contributed by atoms with Gasteiger partial charge in [0.2, 0.25) is 0 Å². The Hall–Kier alpha value is -1.19. The zero-order valence-electron chi connectivity index (χ0n) is 11.7. The third-order valence-electron chi connectivity index (χ3n) is 3.35. The maximum Gasteiger partial charge on any atom is 0.127 e. The van der Waals surface area contributed by atoms with E-state index in [-0.39, 0.29) is 11.9 Å². The second-order valence-electron chi connectivity index (χ2n) is 5.25. The van der Waals surface area contributed by atoms with Crippen LogP contribution in [0.3, 0.4) is 0 Å². The largest absolute Gasteiger partial charge is 0.306 e. The summed E-state index contributed by atoms with van der Waals surface area (Å²) < 4.78 is 14.7. The molecule has 0 radical (unpaired) electrons. The normalized spacial score (nSPS) is 12.7. The smallest absolute Gasteiger partial charge is 0.127 e. The molecule has 0 bridgehead atoms. The van der Waals surface area contributed by atoms with Gasteiger partial charge in [-0.15, -0.1) is 0 Å². The number of hydrogen-bond donors (Lipinski definition) is 1. The van der Waals surface area contributed by atoms with Crippen LogP contribution in [0.4, 0.5) is 4.39 Å². The molecule has 0 fully saturated rings. The quantitative estimate of drug-likeness (QED) is 0.803.